The Morgan fingerprint density at radius 2 is 1.95 bits per heavy atom. The summed E-state index contributed by atoms with van der Waals surface area (Å²) in [4.78, 5) is 0.856. The van der Waals surface area contributed by atoms with Gasteiger partial charge in [-0.05, 0) is 42.7 Å². The zero-order valence-corrected chi connectivity index (χ0v) is 12.3. The highest BCUT2D eigenvalue weighted by Crippen LogP contribution is 2.23. The van der Waals surface area contributed by atoms with Crippen LogP contribution in [0.15, 0.2) is 52.3 Å². The molecule has 2 rings (SSSR count). The van der Waals surface area contributed by atoms with E-state index in [1.165, 1.54) is 17.8 Å². The predicted molar refractivity (Wildman–Crippen MR) is 79.8 cm³/mol. The van der Waals surface area contributed by atoms with E-state index in [4.69, 9.17) is 5.73 Å². The standard InChI is InChI=1S/C13H13FN2O2S2/c1-19-10-4-2-3-9(7-10)16-20(17,18)11-5-6-12(14)13(15)8-11/h2-8,16H,15H2,1H3. The van der Waals surface area contributed by atoms with Crippen molar-refractivity contribution >= 4 is 33.2 Å². The van der Waals surface area contributed by atoms with Gasteiger partial charge in [0.1, 0.15) is 5.82 Å². The normalized spacial score (nSPS) is 11.3. The van der Waals surface area contributed by atoms with Crippen molar-refractivity contribution in [1.82, 2.24) is 0 Å². The number of hydrogen-bond donors (Lipinski definition) is 2. The Labute approximate surface area is 121 Å². The van der Waals surface area contributed by atoms with E-state index in [0.717, 1.165) is 17.0 Å². The third kappa shape index (κ3) is 3.23. The summed E-state index contributed by atoms with van der Waals surface area (Å²) in [6.45, 7) is 0. The van der Waals surface area contributed by atoms with Crippen molar-refractivity contribution in [2.75, 3.05) is 16.7 Å². The topological polar surface area (TPSA) is 72.2 Å². The zero-order chi connectivity index (χ0) is 14.8. The van der Waals surface area contributed by atoms with Crippen molar-refractivity contribution in [3.05, 3.63) is 48.3 Å². The van der Waals surface area contributed by atoms with Gasteiger partial charge in [0.05, 0.1) is 10.6 Å². The molecule has 0 aromatic heterocycles. The lowest BCUT2D eigenvalue weighted by atomic mass is 10.3. The average molecular weight is 312 g/mol. The summed E-state index contributed by atoms with van der Waals surface area (Å²) in [6.07, 6.45) is 1.90. The summed E-state index contributed by atoms with van der Waals surface area (Å²) in [5.74, 6) is -0.645. The van der Waals surface area contributed by atoms with Crippen LogP contribution in [0, 0.1) is 5.82 Å². The second-order valence-electron chi connectivity index (χ2n) is 4.02. The third-order valence-electron chi connectivity index (χ3n) is 2.60. The molecular formula is C13H13FN2O2S2. The molecule has 2 aromatic carbocycles. The number of anilines is 2. The van der Waals surface area contributed by atoms with E-state index >= 15 is 0 Å². The highest BCUT2D eigenvalue weighted by molar-refractivity contribution is 7.98. The molecule has 0 aliphatic carbocycles. The van der Waals surface area contributed by atoms with E-state index in [1.807, 2.05) is 12.3 Å². The Balaban J connectivity index is 2.32. The van der Waals surface area contributed by atoms with Crippen LogP contribution in [0.5, 0.6) is 0 Å². The zero-order valence-electron chi connectivity index (χ0n) is 10.6. The molecule has 20 heavy (non-hydrogen) atoms. The van der Waals surface area contributed by atoms with Gasteiger partial charge in [0.2, 0.25) is 0 Å². The molecule has 0 heterocycles. The van der Waals surface area contributed by atoms with Gasteiger partial charge >= 0.3 is 0 Å². The van der Waals surface area contributed by atoms with Crippen LogP contribution >= 0.6 is 11.8 Å². The van der Waals surface area contributed by atoms with E-state index in [0.29, 0.717) is 5.69 Å². The number of sulfonamides is 1. The lowest BCUT2D eigenvalue weighted by Crippen LogP contribution is -2.13. The third-order valence-corrected chi connectivity index (χ3v) is 4.70. The van der Waals surface area contributed by atoms with Crippen molar-refractivity contribution in [3.63, 3.8) is 0 Å². The summed E-state index contributed by atoms with van der Waals surface area (Å²) in [5, 5.41) is 0. The molecule has 0 fully saturated rings. The van der Waals surface area contributed by atoms with Crippen LogP contribution in [0.3, 0.4) is 0 Å². The summed E-state index contributed by atoms with van der Waals surface area (Å²) in [6, 6.07) is 10.3. The van der Waals surface area contributed by atoms with Crippen molar-refractivity contribution in [2.45, 2.75) is 9.79 Å². The Morgan fingerprint density at radius 1 is 1.20 bits per heavy atom. The molecule has 3 N–H and O–H groups in total. The number of halogens is 1. The minimum absolute atomic E-state index is 0.0778. The van der Waals surface area contributed by atoms with Gasteiger partial charge in [0.25, 0.3) is 10.0 Å². The fourth-order valence-corrected chi connectivity index (χ4v) is 3.13. The molecule has 0 radical (unpaired) electrons. The number of nitrogen functional groups attached to an aromatic ring is 1. The maximum absolute atomic E-state index is 13.1. The molecule has 0 aliphatic rings. The first-order valence-corrected chi connectivity index (χ1v) is 8.35. The quantitative estimate of drug-likeness (QED) is 0.672. The second kappa shape index (κ2) is 5.72. The average Bonchev–Trinajstić information content (AvgIpc) is 2.41. The first-order chi connectivity index (χ1) is 9.42. The van der Waals surface area contributed by atoms with Gasteiger partial charge in [0.15, 0.2) is 0 Å². The summed E-state index contributed by atoms with van der Waals surface area (Å²) in [7, 11) is -3.78. The van der Waals surface area contributed by atoms with Crippen LogP contribution in [0.25, 0.3) is 0 Å². The number of thioether (sulfide) groups is 1. The van der Waals surface area contributed by atoms with Crippen LogP contribution in [0.1, 0.15) is 0 Å². The number of nitrogens with two attached hydrogens (primary N) is 1. The molecule has 2 aromatic rings. The first-order valence-electron chi connectivity index (χ1n) is 5.64. The van der Waals surface area contributed by atoms with Crippen LogP contribution in [-0.2, 0) is 10.0 Å². The number of benzene rings is 2. The molecule has 0 saturated heterocycles. The highest BCUT2D eigenvalue weighted by atomic mass is 32.2. The molecular weight excluding hydrogens is 299 g/mol. The molecule has 0 atom stereocenters. The Bertz CT molecular complexity index is 733. The van der Waals surface area contributed by atoms with Gasteiger partial charge in [-0.25, -0.2) is 12.8 Å². The molecule has 0 aliphatic heterocycles. The molecule has 7 heteroatoms. The largest absolute Gasteiger partial charge is 0.396 e. The highest BCUT2D eigenvalue weighted by Gasteiger charge is 2.15. The molecule has 0 spiro atoms. The van der Waals surface area contributed by atoms with E-state index in [1.54, 1.807) is 18.2 Å². The van der Waals surface area contributed by atoms with Crippen LogP contribution < -0.4 is 10.5 Å². The Morgan fingerprint density at radius 3 is 2.60 bits per heavy atom. The monoisotopic (exact) mass is 312 g/mol. The van der Waals surface area contributed by atoms with E-state index in [-0.39, 0.29) is 10.6 Å². The minimum Gasteiger partial charge on any atom is -0.396 e. The maximum Gasteiger partial charge on any atom is 0.261 e. The lowest BCUT2D eigenvalue weighted by Gasteiger charge is -2.09. The fourth-order valence-electron chi connectivity index (χ4n) is 1.59. The van der Waals surface area contributed by atoms with Gasteiger partial charge in [-0.15, -0.1) is 11.8 Å². The van der Waals surface area contributed by atoms with Crippen LogP contribution in [0.4, 0.5) is 15.8 Å². The van der Waals surface area contributed by atoms with Gasteiger partial charge in [-0.3, -0.25) is 4.72 Å². The van der Waals surface area contributed by atoms with Crippen molar-refractivity contribution in [2.24, 2.45) is 0 Å². The summed E-state index contributed by atoms with van der Waals surface area (Å²) < 4.78 is 39.8. The summed E-state index contributed by atoms with van der Waals surface area (Å²) >= 11 is 1.50. The molecule has 4 nitrogen and oxygen atoms in total. The lowest BCUT2D eigenvalue weighted by molar-refractivity contribution is 0.600. The SMILES string of the molecule is CSc1cccc(NS(=O)(=O)c2ccc(F)c(N)c2)c1. The molecule has 0 saturated carbocycles. The molecule has 106 valence electrons. The predicted octanol–water partition coefficient (Wildman–Crippen LogP) is 2.93. The molecule has 0 bridgehead atoms. The second-order valence-corrected chi connectivity index (χ2v) is 6.58. The Hall–Kier alpha value is -1.73. The maximum atomic E-state index is 13.1. The van der Waals surface area contributed by atoms with Gasteiger partial charge in [-0.1, -0.05) is 6.07 Å². The fraction of sp³-hybridized carbons (Fsp3) is 0.0769. The number of rotatable bonds is 4. The van der Waals surface area contributed by atoms with Crippen LogP contribution in [-0.4, -0.2) is 14.7 Å². The Kier molecular flexibility index (Phi) is 4.20. The number of hydrogen-bond acceptors (Lipinski definition) is 4. The first kappa shape index (κ1) is 14.7. The molecule has 0 unspecified atom stereocenters. The van der Waals surface area contributed by atoms with Crippen molar-refractivity contribution in [3.8, 4) is 0 Å². The minimum atomic E-state index is -3.78. The van der Waals surface area contributed by atoms with Crippen molar-refractivity contribution in [1.29, 1.82) is 0 Å². The molecule has 0 amide bonds. The van der Waals surface area contributed by atoms with Crippen LogP contribution in [0.2, 0.25) is 0 Å². The smallest absolute Gasteiger partial charge is 0.261 e. The van der Waals surface area contributed by atoms with Gasteiger partial charge in [-0.2, -0.15) is 0 Å². The van der Waals surface area contributed by atoms with Crippen molar-refractivity contribution < 1.29 is 12.8 Å². The van der Waals surface area contributed by atoms with E-state index < -0.39 is 15.8 Å². The van der Waals surface area contributed by atoms with E-state index in [2.05, 4.69) is 4.72 Å². The summed E-state index contributed by atoms with van der Waals surface area (Å²) in [5.41, 5.74) is 5.63. The van der Waals surface area contributed by atoms with Gasteiger partial charge < -0.3 is 5.73 Å². The van der Waals surface area contributed by atoms with Gasteiger partial charge in [0, 0.05) is 10.6 Å². The van der Waals surface area contributed by atoms with E-state index in [9.17, 15) is 12.8 Å². The number of nitrogens with one attached hydrogen (secondary N) is 1.